The number of carbonyl (C=O) groups excluding carboxylic acids is 2. The Labute approximate surface area is 189 Å². The summed E-state index contributed by atoms with van der Waals surface area (Å²) in [6.45, 7) is 0.460. The minimum Gasteiger partial charge on any atom is -0.320 e. The number of nitrogens with zero attached hydrogens (tertiary/aromatic N) is 3. The topological polar surface area (TPSA) is 87.2 Å². The van der Waals surface area contributed by atoms with Crippen LogP contribution in [-0.2, 0) is 0 Å². The predicted molar refractivity (Wildman–Crippen MR) is 113 cm³/mol. The summed E-state index contributed by atoms with van der Waals surface area (Å²) in [7, 11) is 0. The van der Waals surface area contributed by atoms with Gasteiger partial charge in [-0.15, -0.1) is 10.2 Å². The molecule has 1 saturated heterocycles. The van der Waals surface area contributed by atoms with E-state index < -0.39 is 35.4 Å². The number of nitrogens with one attached hydrogen (secondary N) is 2. The number of urea groups is 1. The number of amides is 3. The van der Waals surface area contributed by atoms with E-state index >= 15 is 0 Å². The quantitative estimate of drug-likeness (QED) is 0.534. The molecule has 32 heavy (non-hydrogen) atoms. The first-order chi connectivity index (χ1) is 15.3. The largest absolute Gasteiger partial charge is 0.322 e. The molecule has 2 aromatic carbocycles. The van der Waals surface area contributed by atoms with Crippen LogP contribution in [0.5, 0.6) is 0 Å². The zero-order valence-electron chi connectivity index (χ0n) is 16.2. The third-order valence-corrected chi connectivity index (χ3v) is 6.09. The molecule has 1 aliphatic rings. The Balaban J connectivity index is 1.45. The van der Waals surface area contributed by atoms with Crippen molar-refractivity contribution in [3.05, 3.63) is 68.9 Å². The first kappa shape index (κ1) is 22.0. The molecular weight excluding hydrogens is 467 g/mol. The molecule has 3 amide bonds. The molecule has 0 saturated carbocycles. The van der Waals surface area contributed by atoms with Gasteiger partial charge in [-0.3, -0.25) is 4.79 Å². The van der Waals surface area contributed by atoms with E-state index in [1.54, 1.807) is 4.90 Å². The van der Waals surface area contributed by atoms with Gasteiger partial charge < -0.3 is 15.5 Å². The summed E-state index contributed by atoms with van der Waals surface area (Å²) in [6, 6.07) is 6.04. The van der Waals surface area contributed by atoms with Crippen molar-refractivity contribution in [2.45, 2.75) is 18.9 Å². The molecule has 1 aromatic heterocycles. The second kappa shape index (κ2) is 9.13. The number of rotatable bonds is 4. The maximum absolute atomic E-state index is 13.3. The number of hydrogen-bond donors (Lipinski definition) is 2. The number of carbonyl (C=O) groups is 2. The summed E-state index contributed by atoms with van der Waals surface area (Å²) in [5.41, 5.74) is 0.418. The number of anilines is 2. The number of aromatic nitrogens is 2. The maximum Gasteiger partial charge on any atom is 0.322 e. The van der Waals surface area contributed by atoms with E-state index in [0.29, 0.717) is 23.7 Å². The lowest BCUT2D eigenvalue weighted by atomic mass is 10.2. The van der Waals surface area contributed by atoms with Crippen molar-refractivity contribution in [2.24, 2.45) is 0 Å². The first-order valence-corrected chi connectivity index (χ1v) is 10.6. The highest BCUT2D eigenvalue weighted by molar-refractivity contribution is 7.13. The van der Waals surface area contributed by atoms with Crippen molar-refractivity contribution in [3.63, 3.8) is 0 Å². The number of halogens is 4. The molecule has 0 bridgehead atoms. The highest BCUT2D eigenvalue weighted by Gasteiger charge is 2.33. The summed E-state index contributed by atoms with van der Waals surface area (Å²) >= 11 is 6.76. The second-order valence-electron chi connectivity index (χ2n) is 6.94. The van der Waals surface area contributed by atoms with Gasteiger partial charge in [0, 0.05) is 24.0 Å². The SMILES string of the molecule is O=C(Nc1ccc(F)c(F)c1)c1nnc(C2CCCN2C(=O)Nc2ccc(F)c(Cl)c2)s1. The average Bonchev–Trinajstić information content (AvgIpc) is 3.43. The molecule has 1 atom stereocenters. The molecule has 7 nitrogen and oxygen atoms in total. The Hall–Kier alpha value is -3.18. The molecule has 0 spiro atoms. The Bertz CT molecular complexity index is 1190. The number of hydrogen-bond acceptors (Lipinski definition) is 5. The third kappa shape index (κ3) is 4.68. The van der Waals surface area contributed by atoms with Crippen molar-refractivity contribution in [3.8, 4) is 0 Å². The molecule has 0 radical (unpaired) electrons. The molecule has 1 unspecified atom stereocenters. The Morgan fingerprint density at radius 3 is 2.44 bits per heavy atom. The number of benzene rings is 2. The van der Waals surface area contributed by atoms with Gasteiger partial charge in [-0.1, -0.05) is 22.9 Å². The predicted octanol–water partition coefficient (Wildman–Crippen LogP) is 5.23. The van der Waals surface area contributed by atoms with Gasteiger partial charge in [0.25, 0.3) is 5.91 Å². The fourth-order valence-electron chi connectivity index (χ4n) is 3.26. The van der Waals surface area contributed by atoms with Crippen LogP contribution in [-0.4, -0.2) is 33.6 Å². The summed E-state index contributed by atoms with van der Waals surface area (Å²) in [5, 5.41) is 13.4. The third-order valence-electron chi connectivity index (χ3n) is 4.78. The van der Waals surface area contributed by atoms with Crippen molar-refractivity contribution < 1.29 is 22.8 Å². The minimum absolute atomic E-state index is 0.0160. The standard InChI is InChI=1S/C20H15ClF3N5O2S/c21-12-8-10(3-5-13(12)22)26-20(31)29-7-1-2-16(29)18-27-28-19(32-18)17(30)25-11-4-6-14(23)15(24)9-11/h3-6,8-9,16H,1-2,7H2,(H,25,30)(H,26,31). The molecule has 1 fully saturated rings. The normalized spacial score (nSPS) is 15.6. The van der Waals surface area contributed by atoms with Gasteiger partial charge in [0.15, 0.2) is 11.6 Å². The van der Waals surface area contributed by atoms with Crippen LogP contribution in [0, 0.1) is 17.5 Å². The molecule has 0 aliphatic carbocycles. The molecule has 4 rings (SSSR count). The van der Waals surface area contributed by atoms with Gasteiger partial charge >= 0.3 is 6.03 Å². The fourth-order valence-corrected chi connectivity index (χ4v) is 4.32. The maximum atomic E-state index is 13.3. The first-order valence-electron chi connectivity index (χ1n) is 9.44. The van der Waals surface area contributed by atoms with Crippen LogP contribution < -0.4 is 10.6 Å². The summed E-state index contributed by atoms with van der Waals surface area (Å²) in [6.07, 6.45) is 1.34. The lowest BCUT2D eigenvalue weighted by molar-refractivity contribution is 0.102. The van der Waals surface area contributed by atoms with Crippen molar-refractivity contribution >= 4 is 46.3 Å². The molecule has 12 heteroatoms. The molecule has 1 aliphatic heterocycles. The van der Waals surface area contributed by atoms with Gasteiger partial charge in [-0.2, -0.15) is 0 Å². The van der Waals surface area contributed by atoms with E-state index in [1.165, 1.54) is 18.2 Å². The van der Waals surface area contributed by atoms with Crippen LogP contribution in [0.25, 0.3) is 0 Å². The molecule has 2 N–H and O–H groups in total. The van der Waals surface area contributed by atoms with Crippen molar-refractivity contribution in [1.29, 1.82) is 0 Å². The van der Waals surface area contributed by atoms with Crippen LogP contribution in [0.3, 0.4) is 0 Å². The van der Waals surface area contributed by atoms with E-state index in [1.807, 2.05) is 0 Å². The van der Waals surface area contributed by atoms with Gasteiger partial charge in [-0.25, -0.2) is 18.0 Å². The molecule has 166 valence electrons. The van der Waals surface area contributed by atoms with E-state index in [9.17, 15) is 22.8 Å². The van der Waals surface area contributed by atoms with Crippen LogP contribution in [0.2, 0.25) is 5.02 Å². The minimum atomic E-state index is -1.09. The highest BCUT2D eigenvalue weighted by Crippen LogP contribution is 2.34. The average molecular weight is 482 g/mol. The Morgan fingerprint density at radius 1 is 1.00 bits per heavy atom. The zero-order valence-corrected chi connectivity index (χ0v) is 17.8. The van der Waals surface area contributed by atoms with E-state index in [-0.39, 0.29) is 15.7 Å². The van der Waals surface area contributed by atoms with Gasteiger partial charge in [-0.05, 0) is 43.2 Å². The zero-order chi connectivity index (χ0) is 22.8. The summed E-state index contributed by atoms with van der Waals surface area (Å²) < 4.78 is 39.7. The fraction of sp³-hybridized carbons (Fsp3) is 0.200. The van der Waals surface area contributed by atoms with Crippen molar-refractivity contribution in [1.82, 2.24) is 15.1 Å². The lowest BCUT2D eigenvalue weighted by Gasteiger charge is -2.23. The highest BCUT2D eigenvalue weighted by atomic mass is 35.5. The number of likely N-dealkylation sites (tertiary alicyclic amines) is 1. The van der Waals surface area contributed by atoms with Crippen LogP contribution in [0.15, 0.2) is 36.4 Å². The van der Waals surface area contributed by atoms with E-state index in [4.69, 9.17) is 11.6 Å². The van der Waals surface area contributed by atoms with Gasteiger partial charge in [0.05, 0.1) is 11.1 Å². The van der Waals surface area contributed by atoms with Crippen LogP contribution in [0.1, 0.15) is 33.7 Å². The Morgan fingerprint density at radius 2 is 1.72 bits per heavy atom. The van der Waals surface area contributed by atoms with Crippen molar-refractivity contribution in [2.75, 3.05) is 17.2 Å². The smallest absolute Gasteiger partial charge is 0.320 e. The Kier molecular flexibility index (Phi) is 6.28. The second-order valence-corrected chi connectivity index (χ2v) is 8.36. The molecular formula is C20H15ClF3N5O2S. The van der Waals surface area contributed by atoms with E-state index in [2.05, 4.69) is 20.8 Å². The molecule has 2 heterocycles. The van der Waals surface area contributed by atoms with E-state index in [0.717, 1.165) is 36.0 Å². The molecule has 3 aromatic rings. The van der Waals surface area contributed by atoms with Gasteiger partial charge in [0.1, 0.15) is 10.8 Å². The monoisotopic (exact) mass is 481 g/mol. The van der Waals surface area contributed by atoms with Crippen LogP contribution >= 0.6 is 22.9 Å². The summed E-state index contributed by atoms with van der Waals surface area (Å²) in [4.78, 5) is 26.7. The lowest BCUT2D eigenvalue weighted by Crippen LogP contribution is -2.34. The van der Waals surface area contributed by atoms with Gasteiger partial charge in [0.2, 0.25) is 5.01 Å². The summed E-state index contributed by atoms with van der Waals surface area (Å²) in [5.74, 6) is -3.33. The van der Waals surface area contributed by atoms with Crippen LogP contribution in [0.4, 0.5) is 29.3 Å².